The van der Waals surface area contributed by atoms with E-state index < -0.39 is 10.2 Å². The Morgan fingerprint density at radius 3 is 1.33 bits per heavy atom. The SMILES string of the molecule is CN(C)C=[N+](C)C.[O-][Cl+3]([O-])([O-])[O-]. The first-order valence-corrected chi connectivity index (χ1v) is 4.16. The second-order valence-corrected chi connectivity index (χ2v) is 3.18. The summed E-state index contributed by atoms with van der Waals surface area (Å²) in [7, 11) is 3.06. The molecule has 0 spiro atoms. The summed E-state index contributed by atoms with van der Waals surface area (Å²) in [5.41, 5.74) is 0. The zero-order valence-electron chi connectivity index (χ0n) is 7.48. The van der Waals surface area contributed by atoms with Crippen LogP contribution in [0.4, 0.5) is 0 Å². The summed E-state index contributed by atoms with van der Waals surface area (Å²) in [6.45, 7) is 0. The lowest BCUT2D eigenvalue weighted by Crippen LogP contribution is -2.68. The summed E-state index contributed by atoms with van der Waals surface area (Å²) in [6, 6.07) is 0. The van der Waals surface area contributed by atoms with Gasteiger partial charge in [0.1, 0.15) is 0 Å². The maximum absolute atomic E-state index is 8.49. The highest BCUT2D eigenvalue weighted by molar-refractivity contribution is 5.47. The van der Waals surface area contributed by atoms with Crippen LogP contribution in [0.2, 0.25) is 0 Å². The maximum atomic E-state index is 8.49. The van der Waals surface area contributed by atoms with Crippen LogP contribution in [0.25, 0.3) is 0 Å². The molecule has 0 saturated carbocycles. The monoisotopic (exact) mass is 200 g/mol. The van der Waals surface area contributed by atoms with Crippen LogP contribution < -0.4 is 18.6 Å². The average Bonchev–Trinajstić information content (AvgIpc) is 1.52. The van der Waals surface area contributed by atoms with Crippen LogP contribution in [-0.2, 0) is 0 Å². The van der Waals surface area contributed by atoms with Crippen molar-refractivity contribution in [1.29, 1.82) is 0 Å². The third-order valence-corrected chi connectivity index (χ3v) is 0.462. The van der Waals surface area contributed by atoms with Crippen LogP contribution in [-0.4, -0.2) is 44.0 Å². The molecule has 0 bridgehead atoms. The fourth-order valence-corrected chi connectivity index (χ4v) is 0.462. The molecule has 0 unspecified atom stereocenters. The van der Waals surface area contributed by atoms with E-state index in [0.29, 0.717) is 0 Å². The predicted molar refractivity (Wildman–Crippen MR) is 31.9 cm³/mol. The van der Waals surface area contributed by atoms with Gasteiger partial charge in [0.2, 0.25) is 6.34 Å². The zero-order valence-corrected chi connectivity index (χ0v) is 8.24. The third kappa shape index (κ3) is 54.8. The molecule has 0 saturated heterocycles. The highest BCUT2D eigenvalue weighted by Gasteiger charge is 1.84. The first-order chi connectivity index (χ1) is 5.13. The topological polar surface area (TPSA) is 98.5 Å². The standard InChI is InChI=1S/C5H13N2.ClHO4/c1-6(2)5-7(3)4;2-1(3,4)5/h5H,1-4H3;(H,2,3,4,5)/q+1;/p-1. The molecule has 6 nitrogen and oxygen atoms in total. The smallest absolute Gasteiger partial charge is 0.233 e. The Morgan fingerprint density at radius 1 is 1.08 bits per heavy atom. The molecule has 0 fully saturated rings. The van der Waals surface area contributed by atoms with Gasteiger partial charge in [0.25, 0.3) is 0 Å². The molecule has 0 heterocycles. The second-order valence-electron chi connectivity index (χ2n) is 2.42. The van der Waals surface area contributed by atoms with E-state index in [1.54, 1.807) is 0 Å². The first kappa shape index (κ1) is 14.1. The van der Waals surface area contributed by atoms with E-state index in [1.165, 1.54) is 0 Å². The molecule has 0 radical (unpaired) electrons. The minimum atomic E-state index is -4.94. The van der Waals surface area contributed by atoms with Crippen LogP contribution in [0.3, 0.4) is 0 Å². The molecular formula is C5H13ClN2O4. The fraction of sp³-hybridized carbons (Fsp3) is 0.800. The summed E-state index contributed by atoms with van der Waals surface area (Å²) in [5, 5.41) is 0. The second kappa shape index (κ2) is 6.15. The van der Waals surface area contributed by atoms with E-state index in [0.717, 1.165) is 0 Å². The molecule has 0 aromatic carbocycles. The fourth-order valence-electron chi connectivity index (χ4n) is 0.462. The maximum Gasteiger partial charge on any atom is 0.233 e. The van der Waals surface area contributed by atoms with Crippen molar-refractivity contribution in [1.82, 2.24) is 4.90 Å². The van der Waals surface area contributed by atoms with Gasteiger partial charge in [-0.1, -0.05) is 0 Å². The Morgan fingerprint density at radius 2 is 1.33 bits per heavy atom. The predicted octanol–water partition coefficient (Wildman–Crippen LogP) is -4.91. The molecule has 0 N–H and O–H groups in total. The number of hydrogen-bond donors (Lipinski definition) is 0. The molecule has 0 aliphatic carbocycles. The summed E-state index contributed by atoms with van der Waals surface area (Å²) in [6.07, 6.45) is 2.00. The quantitative estimate of drug-likeness (QED) is 0.240. The van der Waals surface area contributed by atoms with Crippen molar-refractivity contribution < 1.29 is 33.5 Å². The Balaban J connectivity index is 0. The summed E-state index contributed by atoms with van der Waals surface area (Å²) < 4.78 is 36.0. The summed E-state index contributed by atoms with van der Waals surface area (Å²) in [5.74, 6) is 0. The van der Waals surface area contributed by atoms with Crippen LogP contribution in [0.1, 0.15) is 0 Å². The van der Waals surface area contributed by atoms with E-state index in [4.69, 9.17) is 18.6 Å². The third-order valence-electron chi connectivity index (χ3n) is 0.462. The molecular weight excluding hydrogens is 188 g/mol. The summed E-state index contributed by atoms with van der Waals surface area (Å²) in [4.78, 5) is 2.00. The lowest BCUT2D eigenvalue weighted by atomic mass is 10.9. The number of rotatable bonds is 1. The summed E-state index contributed by atoms with van der Waals surface area (Å²) >= 11 is 0. The van der Waals surface area contributed by atoms with Gasteiger partial charge >= 0.3 is 0 Å². The average molecular weight is 201 g/mol. The van der Waals surface area contributed by atoms with Gasteiger partial charge in [-0.05, 0) is 0 Å². The van der Waals surface area contributed by atoms with Crippen molar-refractivity contribution in [3.63, 3.8) is 0 Å². The molecule has 0 rings (SSSR count). The van der Waals surface area contributed by atoms with E-state index in [1.807, 2.05) is 44.0 Å². The Kier molecular flexibility index (Phi) is 7.25. The van der Waals surface area contributed by atoms with Crippen LogP contribution in [0.5, 0.6) is 0 Å². The van der Waals surface area contributed by atoms with Gasteiger partial charge in [0, 0.05) is 0 Å². The molecule has 12 heavy (non-hydrogen) atoms. The van der Waals surface area contributed by atoms with Gasteiger partial charge in [-0.15, -0.1) is 10.2 Å². The van der Waals surface area contributed by atoms with Crippen molar-refractivity contribution in [2.45, 2.75) is 0 Å². The molecule has 74 valence electrons. The van der Waals surface area contributed by atoms with Gasteiger partial charge in [0.15, 0.2) is 0 Å². The molecule has 0 atom stereocenters. The highest BCUT2D eigenvalue weighted by Crippen LogP contribution is 1.59. The van der Waals surface area contributed by atoms with Crippen molar-refractivity contribution >= 4 is 6.34 Å². The lowest BCUT2D eigenvalue weighted by Gasteiger charge is -2.17. The molecule has 0 aliphatic rings. The van der Waals surface area contributed by atoms with Crippen molar-refractivity contribution in [2.24, 2.45) is 0 Å². The number of nitrogens with zero attached hydrogens (tertiary/aromatic N) is 2. The number of halogens is 1. The molecule has 7 heteroatoms. The minimum Gasteiger partial charge on any atom is -0.274 e. The Bertz CT molecular complexity index is 133. The van der Waals surface area contributed by atoms with Gasteiger partial charge < -0.3 is 0 Å². The molecule has 0 aliphatic heterocycles. The minimum absolute atomic E-state index is 2.00. The largest absolute Gasteiger partial charge is 0.274 e. The Hall–Kier alpha value is -0.400. The van der Waals surface area contributed by atoms with Gasteiger partial charge in [-0.3, -0.25) is 9.48 Å². The van der Waals surface area contributed by atoms with E-state index >= 15 is 0 Å². The van der Waals surface area contributed by atoms with Gasteiger partial charge in [-0.25, -0.2) is 18.6 Å². The normalized spacial score (nSPS) is 9.67. The van der Waals surface area contributed by atoms with E-state index in [-0.39, 0.29) is 0 Å². The van der Waals surface area contributed by atoms with Crippen molar-refractivity contribution in [3.8, 4) is 0 Å². The number of hydrogen-bond acceptors (Lipinski definition) is 4. The molecule has 0 aromatic heterocycles. The highest BCUT2D eigenvalue weighted by atomic mass is 35.7. The first-order valence-electron chi connectivity index (χ1n) is 2.92. The lowest BCUT2D eigenvalue weighted by molar-refractivity contribution is -2.00. The van der Waals surface area contributed by atoms with Crippen LogP contribution in [0.15, 0.2) is 0 Å². The Labute approximate surface area is 73.7 Å². The van der Waals surface area contributed by atoms with Gasteiger partial charge in [-0.2, -0.15) is 0 Å². The molecule has 0 amide bonds. The van der Waals surface area contributed by atoms with Crippen LogP contribution >= 0.6 is 0 Å². The molecule has 0 aromatic rings. The van der Waals surface area contributed by atoms with Crippen molar-refractivity contribution in [2.75, 3.05) is 28.2 Å². The zero-order chi connectivity index (χ0) is 10.4. The van der Waals surface area contributed by atoms with E-state index in [2.05, 4.69) is 0 Å². The van der Waals surface area contributed by atoms with Crippen molar-refractivity contribution in [3.05, 3.63) is 0 Å². The van der Waals surface area contributed by atoms with Gasteiger partial charge in [0.05, 0.1) is 28.2 Å². The van der Waals surface area contributed by atoms with E-state index in [9.17, 15) is 0 Å². The van der Waals surface area contributed by atoms with Crippen LogP contribution in [0, 0.1) is 10.2 Å².